The lowest BCUT2D eigenvalue weighted by molar-refractivity contribution is -0.117. The summed E-state index contributed by atoms with van der Waals surface area (Å²) < 4.78 is 10.5. The van der Waals surface area contributed by atoms with Gasteiger partial charge in [0.25, 0.3) is 5.91 Å². The molecule has 0 fully saturated rings. The first-order chi connectivity index (χ1) is 13.5. The summed E-state index contributed by atoms with van der Waals surface area (Å²) in [6.07, 6.45) is 0.0302. The van der Waals surface area contributed by atoms with E-state index < -0.39 is 11.8 Å². The third-order valence-corrected chi connectivity index (χ3v) is 5.06. The largest absolute Gasteiger partial charge is 0.493 e. The Morgan fingerprint density at radius 1 is 1.07 bits per heavy atom. The van der Waals surface area contributed by atoms with Crippen molar-refractivity contribution in [1.82, 2.24) is 9.97 Å². The molecule has 2 aromatic heterocycles. The lowest BCUT2D eigenvalue weighted by Gasteiger charge is -2.09. The highest BCUT2D eigenvalue weighted by Crippen LogP contribution is 2.31. The molecule has 0 aliphatic carbocycles. The predicted molar refractivity (Wildman–Crippen MR) is 108 cm³/mol. The third-order valence-electron chi connectivity index (χ3n) is 3.50. The summed E-state index contributed by atoms with van der Waals surface area (Å²) in [5, 5.41) is 10.0. The van der Waals surface area contributed by atoms with Crippen LogP contribution in [0.25, 0.3) is 0 Å². The molecule has 0 atom stereocenters. The number of carbonyl (C=O) groups is 2. The average Bonchev–Trinajstić information content (AvgIpc) is 3.30. The van der Waals surface area contributed by atoms with Crippen LogP contribution in [0.2, 0.25) is 0 Å². The van der Waals surface area contributed by atoms with E-state index in [0.29, 0.717) is 27.5 Å². The molecule has 28 heavy (non-hydrogen) atoms. The third kappa shape index (κ3) is 4.75. The van der Waals surface area contributed by atoms with E-state index in [9.17, 15) is 9.59 Å². The van der Waals surface area contributed by atoms with Gasteiger partial charge in [-0.3, -0.25) is 14.9 Å². The van der Waals surface area contributed by atoms with E-state index in [1.807, 2.05) is 6.07 Å². The van der Waals surface area contributed by atoms with Crippen molar-refractivity contribution in [2.24, 2.45) is 5.73 Å². The zero-order chi connectivity index (χ0) is 20.1. The molecule has 2 heterocycles. The number of nitrogens with two attached hydrogens (primary N) is 1. The van der Waals surface area contributed by atoms with Crippen LogP contribution in [-0.4, -0.2) is 36.0 Å². The molecule has 11 heteroatoms. The first-order valence-electron chi connectivity index (χ1n) is 7.97. The Bertz CT molecular complexity index is 1000. The van der Waals surface area contributed by atoms with E-state index in [2.05, 4.69) is 20.6 Å². The zero-order valence-corrected chi connectivity index (χ0v) is 16.6. The van der Waals surface area contributed by atoms with Crippen LogP contribution in [0.5, 0.6) is 11.5 Å². The maximum Gasteiger partial charge on any atom is 0.276 e. The monoisotopic (exact) mass is 419 g/mol. The minimum atomic E-state index is -0.478. The second kappa shape index (κ2) is 8.67. The highest BCUT2D eigenvalue weighted by molar-refractivity contribution is 7.14. The number of hydrogen-bond acceptors (Lipinski definition) is 9. The number of amides is 2. The van der Waals surface area contributed by atoms with Crippen molar-refractivity contribution in [2.75, 3.05) is 24.9 Å². The molecule has 3 aromatic rings. The molecule has 0 unspecified atom stereocenters. The normalized spacial score (nSPS) is 10.4. The molecule has 146 valence electrons. The van der Waals surface area contributed by atoms with Crippen molar-refractivity contribution < 1.29 is 19.1 Å². The summed E-state index contributed by atoms with van der Waals surface area (Å²) in [4.78, 5) is 31.7. The van der Waals surface area contributed by atoms with Crippen molar-refractivity contribution in [3.8, 4) is 11.5 Å². The molecule has 1 aromatic carbocycles. The van der Waals surface area contributed by atoms with Gasteiger partial charge >= 0.3 is 0 Å². The van der Waals surface area contributed by atoms with E-state index in [4.69, 9.17) is 15.2 Å². The summed E-state index contributed by atoms with van der Waals surface area (Å²) in [7, 11) is 3.12. The minimum absolute atomic E-state index is 0.0302. The number of methoxy groups -OCH3 is 2. The molecule has 0 aliphatic heterocycles. The number of rotatable bonds is 8. The smallest absolute Gasteiger partial charge is 0.276 e. The molecule has 0 saturated heterocycles. The van der Waals surface area contributed by atoms with Crippen molar-refractivity contribution in [3.05, 3.63) is 40.3 Å². The number of anilines is 3. The Morgan fingerprint density at radius 2 is 1.82 bits per heavy atom. The van der Waals surface area contributed by atoms with E-state index in [-0.39, 0.29) is 12.1 Å². The molecular formula is C17H17N5O4S2. The SMILES string of the molecule is COc1ccc(Nc2nc(C(=O)Nc3nc(CC(N)=O)cs3)cs2)cc1OC. The summed E-state index contributed by atoms with van der Waals surface area (Å²) >= 11 is 2.50. The van der Waals surface area contributed by atoms with E-state index in [1.54, 1.807) is 37.1 Å². The van der Waals surface area contributed by atoms with Gasteiger partial charge < -0.3 is 20.5 Å². The maximum absolute atomic E-state index is 12.3. The fourth-order valence-corrected chi connectivity index (χ4v) is 3.67. The fraction of sp³-hybridized carbons (Fsp3) is 0.176. The van der Waals surface area contributed by atoms with Gasteiger partial charge in [-0.25, -0.2) is 9.97 Å². The van der Waals surface area contributed by atoms with Crippen LogP contribution >= 0.6 is 22.7 Å². The van der Waals surface area contributed by atoms with Crippen molar-refractivity contribution in [2.45, 2.75) is 6.42 Å². The Labute approximate surface area is 168 Å². The molecule has 0 aliphatic rings. The molecule has 3 rings (SSSR count). The summed E-state index contributed by atoms with van der Waals surface area (Å²) in [6.45, 7) is 0. The number of carbonyl (C=O) groups excluding carboxylic acids is 2. The molecule has 0 bridgehead atoms. The standard InChI is InChI=1S/C17H17N5O4S2/c1-25-12-4-3-9(5-13(12)26-2)19-16-21-11(8-28-16)15(24)22-17-20-10(7-27-17)6-14(18)23/h3-5,7-8H,6H2,1-2H3,(H2,18,23)(H,19,21)(H,20,22,24). The minimum Gasteiger partial charge on any atom is -0.493 e. The predicted octanol–water partition coefficient (Wildman–Crippen LogP) is 2.64. The van der Waals surface area contributed by atoms with E-state index >= 15 is 0 Å². The van der Waals surface area contributed by atoms with Gasteiger partial charge in [-0.1, -0.05) is 0 Å². The highest BCUT2D eigenvalue weighted by Gasteiger charge is 2.14. The molecule has 0 saturated carbocycles. The van der Waals surface area contributed by atoms with Crippen LogP contribution in [0, 0.1) is 0 Å². The number of benzene rings is 1. The van der Waals surface area contributed by atoms with Crippen molar-refractivity contribution in [3.63, 3.8) is 0 Å². The average molecular weight is 419 g/mol. The van der Waals surface area contributed by atoms with Crippen LogP contribution < -0.4 is 25.8 Å². The quantitative estimate of drug-likeness (QED) is 0.512. The number of thiazole rings is 2. The Balaban J connectivity index is 1.65. The van der Waals surface area contributed by atoms with Gasteiger partial charge in [0.1, 0.15) is 5.69 Å². The number of primary amides is 1. The molecule has 0 spiro atoms. The van der Waals surface area contributed by atoms with Gasteiger partial charge in [-0.2, -0.15) is 0 Å². The van der Waals surface area contributed by atoms with E-state index in [1.165, 1.54) is 22.7 Å². The Hall–Kier alpha value is -3.18. The fourth-order valence-electron chi connectivity index (χ4n) is 2.26. The second-order valence-electron chi connectivity index (χ2n) is 5.47. The molecule has 2 amide bonds. The molecule has 0 radical (unpaired) electrons. The van der Waals surface area contributed by atoms with Crippen LogP contribution in [0.3, 0.4) is 0 Å². The zero-order valence-electron chi connectivity index (χ0n) is 15.0. The van der Waals surface area contributed by atoms with Gasteiger partial charge in [0.05, 0.1) is 26.3 Å². The van der Waals surface area contributed by atoms with Crippen LogP contribution in [-0.2, 0) is 11.2 Å². The van der Waals surface area contributed by atoms with Gasteiger partial charge in [0.15, 0.2) is 21.8 Å². The first-order valence-corrected chi connectivity index (χ1v) is 9.73. The van der Waals surface area contributed by atoms with Gasteiger partial charge in [0, 0.05) is 22.5 Å². The number of ether oxygens (including phenoxy) is 2. The molecule has 4 N–H and O–H groups in total. The van der Waals surface area contributed by atoms with Gasteiger partial charge in [-0.15, -0.1) is 22.7 Å². The van der Waals surface area contributed by atoms with Crippen molar-refractivity contribution >= 4 is 50.4 Å². The first kappa shape index (κ1) is 19.6. The number of aromatic nitrogens is 2. The van der Waals surface area contributed by atoms with Crippen molar-refractivity contribution in [1.29, 1.82) is 0 Å². The maximum atomic E-state index is 12.3. The summed E-state index contributed by atoms with van der Waals surface area (Å²) in [5.74, 6) is 0.328. The van der Waals surface area contributed by atoms with Crippen LogP contribution in [0.15, 0.2) is 29.0 Å². The number of hydrogen-bond donors (Lipinski definition) is 3. The lowest BCUT2D eigenvalue weighted by Crippen LogP contribution is -2.14. The second-order valence-corrected chi connectivity index (χ2v) is 7.19. The van der Waals surface area contributed by atoms with Gasteiger partial charge in [0.2, 0.25) is 5.91 Å². The van der Waals surface area contributed by atoms with Gasteiger partial charge in [-0.05, 0) is 12.1 Å². The molecule has 9 nitrogen and oxygen atoms in total. The topological polar surface area (TPSA) is 128 Å². The Morgan fingerprint density at radius 3 is 2.54 bits per heavy atom. The number of nitrogens with one attached hydrogen (secondary N) is 2. The number of nitrogens with zero attached hydrogens (tertiary/aromatic N) is 2. The van der Waals surface area contributed by atoms with Crippen LogP contribution in [0.1, 0.15) is 16.2 Å². The van der Waals surface area contributed by atoms with Crippen LogP contribution in [0.4, 0.5) is 16.0 Å². The van der Waals surface area contributed by atoms with E-state index in [0.717, 1.165) is 5.69 Å². The lowest BCUT2D eigenvalue weighted by atomic mass is 10.3. The Kier molecular flexibility index (Phi) is 6.06. The molecular weight excluding hydrogens is 402 g/mol. The summed E-state index contributed by atoms with van der Waals surface area (Å²) in [5.41, 5.74) is 6.65. The highest BCUT2D eigenvalue weighted by atomic mass is 32.1. The summed E-state index contributed by atoms with van der Waals surface area (Å²) in [6, 6.07) is 5.36.